The lowest BCUT2D eigenvalue weighted by Gasteiger charge is -2.22. The van der Waals surface area contributed by atoms with Crippen LogP contribution in [-0.4, -0.2) is 128 Å². The van der Waals surface area contributed by atoms with E-state index >= 15 is 0 Å². The van der Waals surface area contributed by atoms with Gasteiger partial charge in [-0.2, -0.15) is 45.4 Å². The van der Waals surface area contributed by atoms with Crippen molar-refractivity contribution in [1.82, 2.24) is 116 Å². The van der Waals surface area contributed by atoms with E-state index in [1.165, 1.54) is 199 Å². The van der Waals surface area contributed by atoms with Crippen molar-refractivity contribution in [3.63, 3.8) is 0 Å². The second kappa shape index (κ2) is 34.4. The molecule has 0 fully saturated rings. The third kappa shape index (κ3) is 14.9. The van der Waals surface area contributed by atoms with E-state index in [-0.39, 0.29) is 12.1 Å². The zero-order valence-corrected chi connectivity index (χ0v) is 75.7. The number of thiazole rings is 2. The topological polar surface area (TPSA) is 433 Å². The fourth-order valence-electron chi connectivity index (χ4n) is 21.1. The van der Waals surface area contributed by atoms with Crippen LogP contribution in [0, 0.1) is 45.9 Å². The number of aromatic amines is 8. The Bertz CT molecular complexity index is 8550. The van der Waals surface area contributed by atoms with Crippen molar-refractivity contribution in [2.75, 3.05) is 11.1 Å². The SMILES string of the molecule is CC(=O)Nc1nc2ccc(-c3nc4ccc5[nH]ncc5c4c4c3CCCC4)cc2s1.Cc1[nH]nc2ccc3nc(-c4ccc5nc(N)sc5c4)c4c(c3c12)CCCC4.Cc1[nH]ncc1-c1[nH]c2ccc3ncnc3c2c2c1CCCC2.Cc1[nH]ncc1-c1nc2cc(C#N)c3[nH]ncc3c2c2c1CCCC2.Cc1nc2ccc3[nH]c(-c4cn[nH]c4C)c4c(c3c2n1)CCCC4.O=C=O. The van der Waals surface area contributed by atoms with Crippen molar-refractivity contribution in [3.8, 4) is 62.4 Å². The van der Waals surface area contributed by atoms with Crippen molar-refractivity contribution in [3.05, 3.63) is 218 Å². The van der Waals surface area contributed by atoms with Gasteiger partial charge in [0, 0.05) is 112 Å². The molecule has 31 heteroatoms. The Balaban J connectivity index is 0.0000000964. The minimum atomic E-state index is -0.106. The van der Waals surface area contributed by atoms with Gasteiger partial charge in [-0.15, -0.1) is 0 Å². The predicted octanol–water partition coefficient (Wildman–Crippen LogP) is 21.0. The van der Waals surface area contributed by atoms with E-state index in [1.54, 1.807) is 6.33 Å². The molecule has 1 amide bonds. The molecule has 658 valence electrons. The standard InChI is InChI=1S/C23H19N5OS.C22H19N5S.C19H16N6.C19H19N5.C18H17N5.CO2/c1-12(29)25-23-27-18-7-6-13(10-20(18)30-23)22-15-5-3-2-4-14(15)21-16-11-24-28-17(16)8-9-19(21)26-22;1-11-19-17(27-26-11)9-8-16-20(19)13-4-2-3-5-14(13)21(24-16)12-6-7-15-18(10-12)28-22(23)25-15;1-10-14(8-21-24-10)19-13-5-3-2-4-12(13)17-15-9-22-25-18(15)11(7-20)6-16(17)23-19;1-10-14(9-20-24-10)18-13-6-4-3-5-12(13)17-15(23-18)7-8-16-19(17)22-11(2)21-16;1-10-13(8-21-23-10)17-12-5-3-2-4-11(12)16-14(22-17)6-7-15-18(16)20-9-19-15;2-1-3/h6-11H,2-5H2,1H3,(H,24,28)(H,25,27,29);6-10H,2-5H2,1H3,(H2,23,25)(H,26,27);6,8-9H,2-5H2,1H3,(H,21,24)(H,22,25);7-9,23H,3-6H2,1-2H3,(H,20,24);6-9,22H,2-5H2,1H3,(H,21,23);. The Kier molecular flexibility index (Phi) is 21.5. The molecule has 15 aromatic heterocycles. The molecule has 5 aliphatic carbocycles. The number of nitrogens with zero attached hydrogens (tertiary/aromatic N) is 16. The van der Waals surface area contributed by atoms with Gasteiger partial charge in [-0.05, 0) is 298 Å². The summed E-state index contributed by atoms with van der Waals surface area (Å²) in [6.45, 7) is 11.7. The molecule has 22 aromatic rings. The van der Waals surface area contributed by atoms with Crippen LogP contribution in [0.25, 0.3) is 186 Å². The summed E-state index contributed by atoms with van der Waals surface area (Å²) in [4.78, 5) is 77.3. The molecule has 7 aromatic carbocycles. The van der Waals surface area contributed by atoms with Crippen LogP contribution in [-0.2, 0) is 78.6 Å². The first-order valence-electron chi connectivity index (χ1n) is 45.3. The number of benzene rings is 7. The molecule has 0 saturated carbocycles. The Hall–Kier alpha value is -15.5. The molecule has 0 unspecified atom stereocenters. The lowest BCUT2D eigenvalue weighted by Crippen LogP contribution is -2.08. The number of aryl methyl sites for hydroxylation is 10. The highest BCUT2D eigenvalue weighted by Crippen LogP contribution is 2.47. The van der Waals surface area contributed by atoms with Gasteiger partial charge in [-0.1, -0.05) is 34.8 Å². The van der Waals surface area contributed by atoms with Gasteiger partial charge in [-0.25, -0.2) is 44.9 Å². The molecule has 0 aliphatic heterocycles. The van der Waals surface area contributed by atoms with E-state index in [0.717, 1.165) is 229 Å². The lowest BCUT2D eigenvalue weighted by molar-refractivity contribution is -0.191. The number of carbonyl (C=O) groups excluding carboxylic acids is 3. The Labute approximate surface area is 767 Å². The van der Waals surface area contributed by atoms with Gasteiger partial charge >= 0.3 is 6.15 Å². The monoisotopic (exact) mass is 1790 g/mol. The molecule has 0 spiro atoms. The summed E-state index contributed by atoms with van der Waals surface area (Å²) in [6.07, 6.45) is 34.2. The molecule has 27 rings (SSSR count). The number of rotatable bonds is 6. The van der Waals surface area contributed by atoms with E-state index in [2.05, 4.69) is 201 Å². The number of hydrogen-bond acceptors (Lipinski definition) is 22. The Morgan fingerprint density at radius 1 is 0.398 bits per heavy atom. The van der Waals surface area contributed by atoms with Crippen molar-refractivity contribution in [2.45, 2.75) is 170 Å². The van der Waals surface area contributed by atoms with Gasteiger partial charge in [0.2, 0.25) is 5.91 Å². The second-order valence-corrected chi connectivity index (χ2v) is 37.2. The number of hydrogen-bond donors (Lipinski definition) is 10. The normalized spacial score (nSPS) is 13.9. The molecular weight excluding hydrogens is 1700 g/mol. The van der Waals surface area contributed by atoms with Crippen molar-refractivity contribution in [2.24, 2.45) is 0 Å². The van der Waals surface area contributed by atoms with Gasteiger partial charge in [0.15, 0.2) is 10.3 Å². The van der Waals surface area contributed by atoms with E-state index in [9.17, 15) is 10.1 Å². The minimum absolute atomic E-state index is 0.106. The van der Waals surface area contributed by atoms with Crippen LogP contribution < -0.4 is 11.1 Å². The highest BCUT2D eigenvalue weighted by molar-refractivity contribution is 7.22. The van der Waals surface area contributed by atoms with Crippen LogP contribution in [0.5, 0.6) is 0 Å². The van der Waals surface area contributed by atoms with Crippen LogP contribution in [0.4, 0.5) is 10.3 Å². The zero-order valence-electron chi connectivity index (χ0n) is 74.0. The van der Waals surface area contributed by atoms with Gasteiger partial charge in [0.05, 0.1) is 130 Å². The Morgan fingerprint density at radius 3 is 1.46 bits per heavy atom. The number of anilines is 2. The smallest absolute Gasteiger partial charge is 0.373 e. The van der Waals surface area contributed by atoms with Crippen LogP contribution in [0.15, 0.2) is 128 Å². The summed E-state index contributed by atoms with van der Waals surface area (Å²) in [6, 6.07) is 33.5. The van der Waals surface area contributed by atoms with Gasteiger partial charge < -0.3 is 21.0 Å². The first kappa shape index (κ1) is 83.1. The number of amides is 1. The summed E-state index contributed by atoms with van der Waals surface area (Å²) in [7, 11) is 0. The number of nitrogens with two attached hydrogens (primary N) is 1. The van der Waals surface area contributed by atoms with E-state index in [1.807, 2.05) is 63.0 Å². The Morgan fingerprint density at radius 2 is 0.865 bits per heavy atom. The average molecular weight is 1790 g/mol. The molecule has 133 heavy (non-hydrogen) atoms. The molecule has 0 radical (unpaired) electrons. The molecule has 11 N–H and O–H groups in total. The van der Waals surface area contributed by atoms with Crippen molar-refractivity contribution in [1.29, 1.82) is 5.26 Å². The number of imidazole rings is 2. The highest BCUT2D eigenvalue weighted by Gasteiger charge is 2.30. The summed E-state index contributed by atoms with van der Waals surface area (Å²) >= 11 is 3.03. The maximum atomic E-state index is 11.4. The first-order chi connectivity index (χ1) is 65.1. The molecule has 0 bridgehead atoms. The van der Waals surface area contributed by atoms with Crippen LogP contribution in [0.2, 0.25) is 0 Å². The van der Waals surface area contributed by atoms with E-state index in [4.69, 9.17) is 35.3 Å². The maximum absolute atomic E-state index is 11.4. The summed E-state index contributed by atoms with van der Waals surface area (Å²) in [5.74, 6) is 0.738. The molecule has 15 heterocycles. The van der Waals surface area contributed by atoms with Crippen LogP contribution in [0.3, 0.4) is 0 Å². The third-order valence-corrected chi connectivity index (χ3v) is 28.8. The van der Waals surface area contributed by atoms with Crippen molar-refractivity contribution < 1.29 is 14.4 Å². The molecule has 5 aliphatic rings. The summed E-state index contributed by atoms with van der Waals surface area (Å²) in [5.41, 5.74) is 50.0. The van der Waals surface area contributed by atoms with Crippen LogP contribution in [0.1, 0.15) is 161 Å². The second-order valence-electron chi connectivity index (χ2n) is 35.1. The number of carbonyl (C=O) groups is 1. The van der Waals surface area contributed by atoms with Gasteiger partial charge in [-0.3, -0.25) is 35.4 Å². The maximum Gasteiger partial charge on any atom is 0.373 e. The van der Waals surface area contributed by atoms with E-state index < -0.39 is 0 Å². The number of fused-ring (bicyclic) bond motifs is 27. The predicted molar refractivity (Wildman–Crippen MR) is 522 cm³/mol. The molecule has 0 atom stereocenters. The summed E-state index contributed by atoms with van der Waals surface area (Å²) < 4.78 is 2.16. The molecule has 0 saturated heterocycles. The number of nitrogen functional groups attached to an aromatic ring is 1. The van der Waals surface area contributed by atoms with Crippen molar-refractivity contribution >= 4 is 175 Å². The molecule has 29 nitrogen and oxygen atoms in total. The number of pyridine rings is 5. The largest absolute Gasteiger partial charge is 0.375 e. The minimum Gasteiger partial charge on any atom is -0.375 e. The number of nitrogens with one attached hydrogen (secondary N) is 9. The fourth-order valence-corrected chi connectivity index (χ4v) is 22.9. The number of H-pyrrole nitrogens is 8. The average Bonchev–Trinajstić information content (AvgIpc) is 1.67. The summed E-state index contributed by atoms with van der Waals surface area (Å²) in [5, 5.41) is 66.9. The lowest BCUT2D eigenvalue weighted by atomic mass is 9.85. The number of nitriles is 1. The number of aromatic nitrogens is 23. The van der Waals surface area contributed by atoms with E-state index in [0.29, 0.717) is 15.8 Å². The highest BCUT2D eigenvalue weighted by atomic mass is 32.1. The quantitative estimate of drug-likeness (QED) is 0.0739. The first-order valence-corrected chi connectivity index (χ1v) is 46.9. The molecular formula is C102H90N26O3S2. The zero-order chi connectivity index (χ0) is 90.4. The fraction of sp³-hybridized carbons (Fsp3) is 0.255. The van der Waals surface area contributed by atoms with Gasteiger partial charge in [0.25, 0.3) is 0 Å². The van der Waals surface area contributed by atoms with Gasteiger partial charge in [0.1, 0.15) is 29.3 Å². The van der Waals surface area contributed by atoms with Crippen LogP contribution >= 0.6 is 22.7 Å². The third-order valence-electron chi connectivity index (χ3n) is 27.0.